The third-order valence-corrected chi connectivity index (χ3v) is 4.82. The van der Waals surface area contributed by atoms with Gasteiger partial charge in [-0.1, -0.05) is 18.2 Å². The van der Waals surface area contributed by atoms with E-state index in [-0.39, 0.29) is 22.4 Å². The number of anilines is 1. The number of alkyl halides is 8. The molecular formula is C20H19F8N3O3. The number of amides is 1. The Morgan fingerprint density at radius 3 is 2.32 bits per heavy atom. The molecule has 0 aliphatic carbocycles. The van der Waals surface area contributed by atoms with Gasteiger partial charge in [0.2, 0.25) is 0 Å². The summed E-state index contributed by atoms with van der Waals surface area (Å²) in [5.74, 6) is -9.41. The fraction of sp³-hybridized carbons (Fsp3) is 0.400. The van der Waals surface area contributed by atoms with Crippen LogP contribution in [0.1, 0.15) is 39.5 Å². The number of aromatic nitrogens is 2. The molecule has 0 fully saturated rings. The van der Waals surface area contributed by atoms with Gasteiger partial charge in [-0.2, -0.15) is 40.2 Å². The first kappa shape index (κ1) is 27.1. The highest BCUT2D eigenvalue weighted by Gasteiger charge is 2.64. The van der Waals surface area contributed by atoms with Crippen LogP contribution >= 0.6 is 0 Å². The molecule has 0 aliphatic rings. The molecule has 2 N–H and O–H groups in total. The Kier molecular flexibility index (Phi) is 7.65. The van der Waals surface area contributed by atoms with Crippen LogP contribution in [0.2, 0.25) is 0 Å². The highest BCUT2D eigenvalue weighted by atomic mass is 19.4. The van der Waals surface area contributed by atoms with E-state index in [9.17, 15) is 45.0 Å². The number of rotatable bonds is 8. The number of halogens is 8. The molecule has 1 aromatic carbocycles. The van der Waals surface area contributed by atoms with Gasteiger partial charge in [-0.3, -0.25) is 9.48 Å². The first-order valence-corrected chi connectivity index (χ1v) is 9.40. The molecule has 188 valence electrons. The Balaban J connectivity index is 2.63. The quantitative estimate of drug-likeness (QED) is 0.394. The van der Waals surface area contributed by atoms with Gasteiger partial charge in [0.05, 0.1) is 19.3 Å². The normalized spacial score (nSPS) is 13.5. The number of aliphatic hydroxyl groups excluding tert-OH is 1. The van der Waals surface area contributed by atoms with E-state index in [2.05, 4.69) is 11.7 Å². The fourth-order valence-electron chi connectivity index (χ4n) is 3.25. The summed E-state index contributed by atoms with van der Waals surface area (Å²) in [6.45, 7) is 3.14. The van der Waals surface area contributed by atoms with E-state index in [4.69, 9.17) is 4.74 Å². The van der Waals surface area contributed by atoms with Crippen LogP contribution in [0.3, 0.4) is 0 Å². The molecule has 0 saturated heterocycles. The van der Waals surface area contributed by atoms with Crippen molar-refractivity contribution in [3.05, 3.63) is 53.2 Å². The number of nitrogens with one attached hydrogen (secondary N) is 1. The molecule has 0 spiro atoms. The first-order chi connectivity index (χ1) is 15.6. The molecule has 0 aliphatic heterocycles. The van der Waals surface area contributed by atoms with Gasteiger partial charge in [-0.15, -0.1) is 6.58 Å². The van der Waals surface area contributed by atoms with Gasteiger partial charge < -0.3 is 15.2 Å². The van der Waals surface area contributed by atoms with Crippen molar-refractivity contribution in [2.75, 3.05) is 19.0 Å². The van der Waals surface area contributed by atoms with Crippen molar-refractivity contribution in [2.24, 2.45) is 7.05 Å². The zero-order chi connectivity index (χ0) is 26.1. The number of carbonyl (C=O) groups excluding carboxylic acids is 1. The largest absolute Gasteiger partial charge is 0.496 e. The lowest BCUT2D eigenvalue weighted by atomic mass is 9.93. The number of hydrogen-bond acceptors (Lipinski definition) is 4. The van der Waals surface area contributed by atoms with E-state index in [0.717, 1.165) is 13.2 Å². The molecule has 1 unspecified atom stereocenters. The number of ether oxygens (including phenoxy) is 1. The minimum atomic E-state index is -6.37. The number of para-hydroxylation sites is 1. The van der Waals surface area contributed by atoms with E-state index in [1.807, 2.05) is 0 Å². The van der Waals surface area contributed by atoms with Crippen molar-refractivity contribution in [3.8, 4) is 5.75 Å². The summed E-state index contributed by atoms with van der Waals surface area (Å²) in [4.78, 5) is 12.8. The predicted molar refractivity (Wildman–Crippen MR) is 104 cm³/mol. The van der Waals surface area contributed by atoms with Crippen LogP contribution in [0.5, 0.6) is 5.75 Å². The minimum absolute atomic E-state index is 0.0697. The molecule has 34 heavy (non-hydrogen) atoms. The average Bonchev–Trinajstić information content (AvgIpc) is 3.07. The number of aliphatic hydroxyl groups is 1. The number of benzene rings is 1. The third-order valence-electron chi connectivity index (χ3n) is 4.82. The second kappa shape index (κ2) is 9.60. The number of nitrogens with zero attached hydrogens (tertiary/aromatic N) is 2. The van der Waals surface area contributed by atoms with Crippen LogP contribution < -0.4 is 10.1 Å². The summed E-state index contributed by atoms with van der Waals surface area (Å²) in [7, 11) is 1.81. The summed E-state index contributed by atoms with van der Waals surface area (Å²) >= 11 is 0. The predicted octanol–water partition coefficient (Wildman–Crippen LogP) is 5.01. The van der Waals surface area contributed by atoms with E-state index in [1.165, 1.54) is 18.2 Å². The monoisotopic (exact) mass is 501 g/mol. The SMILES string of the molecule is C=CCC(CO)c1cccc(C(=O)Nc2c(C(F)(F)F)c(C(F)(F)C(F)(F)F)nn2C)c1OC. The van der Waals surface area contributed by atoms with Crippen molar-refractivity contribution < 1.29 is 49.8 Å². The molecule has 1 heterocycles. The summed E-state index contributed by atoms with van der Waals surface area (Å²) in [5.41, 5.74) is -5.11. The molecule has 2 aromatic rings. The lowest BCUT2D eigenvalue weighted by Crippen LogP contribution is -2.36. The number of hydrogen-bond donors (Lipinski definition) is 2. The average molecular weight is 501 g/mol. The number of carbonyl (C=O) groups is 1. The van der Waals surface area contributed by atoms with Gasteiger partial charge in [0, 0.05) is 18.5 Å². The molecule has 1 amide bonds. The highest BCUT2D eigenvalue weighted by Crippen LogP contribution is 2.49. The zero-order valence-corrected chi connectivity index (χ0v) is 17.7. The van der Waals surface area contributed by atoms with Crippen LogP contribution in [0, 0.1) is 0 Å². The maximum atomic E-state index is 13.8. The maximum Gasteiger partial charge on any atom is 0.459 e. The number of aryl methyl sites for hydroxylation is 1. The van der Waals surface area contributed by atoms with Crippen molar-refractivity contribution in [2.45, 2.75) is 30.6 Å². The van der Waals surface area contributed by atoms with Gasteiger partial charge >= 0.3 is 18.3 Å². The zero-order valence-electron chi connectivity index (χ0n) is 17.7. The number of methoxy groups -OCH3 is 1. The Morgan fingerprint density at radius 1 is 1.24 bits per heavy atom. The molecule has 1 atom stereocenters. The molecule has 2 rings (SSSR count). The smallest absolute Gasteiger partial charge is 0.459 e. The third kappa shape index (κ3) is 5.00. The van der Waals surface area contributed by atoms with Gasteiger partial charge in [-0.25, -0.2) is 0 Å². The maximum absolute atomic E-state index is 13.8. The fourth-order valence-corrected chi connectivity index (χ4v) is 3.25. The Hall–Kier alpha value is -3.16. The van der Waals surface area contributed by atoms with Crippen LogP contribution in [0.15, 0.2) is 30.9 Å². The lowest BCUT2D eigenvalue weighted by Gasteiger charge is -2.20. The Morgan fingerprint density at radius 2 is 1.85 bits per heavy atom. The second-order valence-corrected chi connectivity index (χ2v) is 7.05. The van der Waals surface area contributed by atoms with Crippen LogP contribution in [0.25, 0.3) is 0 Å². The Bertz CT molecular complexity index is 1060. The van der Waals surface area contributed by atoms with Crippen molar-refractivity contribution in [1.82, 2.24) is 9.78 Å². The first-order valence-electron chi connectivity index (χ1n) is 9.40. The van der Waals surface area contributed by atoms with Gasteiger partial charge in [-0.05, 0) is 12.5 Å². The topological polar surface area (TPSA) is 76.4 Å². The van der Waals surface area contributed by atoms with Crippen LogP contribution in [0.4, 0.5) is 40.9 Å². The van der Waals surface area contributed by atoms with E-state index in [1.54, 1.807) is 5.32 Å². The summed E-state index contributed by atoms with van der Waals surface area (Å²) in [6.07, 6.45) is -10.4. The van der Waals surface area contributed by atoms with Gasteiger partial charge in [0.1, 0.15) is 17.1 Å². The molecule has 1 aromatic heterocycles. The summed E-state index contributed by atoms with van der Waals surface area (Å²) in [5, 5.41) is 14.0. The second-order valence-electron chi connectivity index (χ2n) is 7.05. The summed E-state index contributed by atoms with van der Waals surface area (Å²) < 4.78 is 112. The Labute approximate surface area is 187 Å². The van der Waals surface area contributed by atoms with E-state index in [0.29, 0.717) is 12.6 Å². The van der Waals surface area contributed by atoms with Crippen molar-refractivity contribution in [1.29, 1.82) is 0 Å². The van der Waals surface area contributed by atoms with Crippen molar-refractivity contribution in [3.63, 3.8) is 0 Å². The highest BCUT2D eigenvalue weighted by molar-refractivity contribution is 6.06. The van der Waals surface area contributed by atoms with Crippen LogP contribution in [-0.4, -0.2) is 40.7 Å². The molecule has 14 heteroatoms. The molecule has 0 bridgehead atoms. The van der Waals surface area contributed by atoms with Crippen LogP contribution in [-0.2, 0) is 19.1 Å². The van der Waals surface area contributed by atoms with E-state index >= 15 is 0 Å². The standard InChI is InChI=1S/C20H19F8N3O3/c1-4-6-10(9-32)11-7-5-8-12(14(11)34-3)17(33)29-16-13(19(23,24)25)15(30-31(16)2)18(21,22)20(26,27)28/h4-5,7-8,10,32H,1,6,9H2,2-3H3,(H,29,33). The van der Waals surface area contributed by atoms with Gasteiger partial charge in [0.25, 0.3) is 5.91 Å². The molecule has 0 radical (unpaired) electrons. The summed E-state index contributed by atoms with van der Waals surface area (Å²) in [6, 6.07) is 3.94. The van der Waals surface area contributed by atoms with Crippen molar-refractivity contribution >= 4 is 11.7 Å². The molecular weight excluding hydrogens is 482 g/mol. The van der Waals surface area contributed by atoms with E-state index < -0.39 is 53.8 Å². The van der Waals surface area contributed by atoms with Gasteiger partial charge in [0.15, 0.2) is 5.69 Å². The lowest BCUT2D eigenvalue weighted by molar-refractivity contribution is -0.292. The molecule has 0 saturated carbocycles. The minimum Gasteiger partial charge on any atom is -0.496 e. The molecule has 6 nitrogen and oxygen atoms in total. The number of allylic oxidation sites excluding steroid dienone is 1.